The minimum Gasteiger partial charge on any atom is -0.352 e. The van der Waals surface area contributed by atoms with Crippen molar-refractivity contribution in [2.45, 2.75) is 44.7 Å². The zero-order valence-electron chi connectivity index (χ0n) is 14.2. The lowest BCUT2D eigenvalue weighted by Gasteiger charge is -2.22. The summed E-state index contributed by atoms with van der Waals surface area (Å²) in [4.78, 5) is 26.5. The molecule has 1 N–H and O–H groups in total. The number of carbonyl (C=O) groups excluding carboxylic acids is 1. The lowest BCUT2D eigenvalue weighted by atomic mass is 9.95. The quantitative estimate of drug-likeness (QED) is 0.483. The number of nitro groups is 1. The molecule has 1 aromatic carbocycles. The first-order valence-corrected chi connectivity index (χ1v) is 8.58. The van der Waals surface area contributed by atoms with E-state index in [0.29, 0.717) is 11.6 Å². The van der Waals surface area contributed by atoms with E-state index < -0.39 is 4.92 Å². The Morgan fingerprint density at radius 3 is 2.65 bits per heavy atom. The topological polar surface area (TPSA) is 115 Å². The van der Waals surface area contributed by atoms with Crippen LogP contribution >= 0.6 is 0 Å². The van der Waals surface area contributed by atoms with Crippen LogP contribution in [0.1, 0.15) is 32.1 Å². The molecular weight excluding hydrogens is 336 g/mol. The number of hydrogen-bond acceptors (Lipinski definition) is 6. The second-order valence-corrected chi connectivity index (χ2v) is 6.23. The monoisotopic (exact) mass is 356 g/mol. The molecule has 0 atom stereocenters. The maximum Gasteiger partial charge on any atom is 0.269 e. The van der Waals surface area contributed by atoms with Crippen molar-refractivity contribution >= 4 is 23.2 Å². The number of carbonyl (C=O) groups is 1. The van der Waals surface area contributed by atoms with Gasteiger partial charge >= 0.3 is 0 Å². The molecule has 1 amide bonds. The van der Waals surface area contributed by atoms with Crippen molar-refractivity contribution in [3.63, 3.8) is 0 Å². The maximum atomic E-state index is 12.2. The number of hydrogen-bond donors (Lipinski definition) is 1. The molecular formula is C17H20N6O3. The Kier molecular flexibility index (Phi) is 5.67. The lowest BCUT2D eigenvalue weighted by Crippen LogP contribution is -2.38. The molecule has 136 valence electrons. The van der Waals surface area contributed by atoms with E-state index >= 15 is 0 Å². The summed E-state index contributed by atoms with van der Waals surface area (Å²) in [5.41, 5.74) is 0.460. The van der Waals surface area contributed by atoms with Crippen molar-refractivity contribution in [2.24, 2.45) is 10.2 Å². The second-order valence-electron chi connectivity index (χ2n) is 6.23. The third-order valence-corrected chi connectivity index (χ3v) is 4.29. The van der Waals surface area contributed by atoms with Crippen molar-refractivity contribution < 1.29 is 9.72 Å². The molecule has 0 unspecified atom stereocenters. The number of rotatable bonds is 6. The number of azo groups is 1. The fourth-order valence-electron chi connectivity index (χ4n) is 2.95. The number of nitrogens with zero attached hydrogens (tertiary/aromatic N) is 5. The smallest absolute Gasteiger partial charge is 0.269 e. The third-order valence-electron chi connectivity index (χ3n) is 4.29. The third kappa shape index (κ3) is 4.71. The van der Waals surface area contributed by atoms with Gasteiger partial charge in [0.15, 0.2) is 0 Å². The minimum atomic E-state index is -0.474. The van der Waals surface area contributed by atoms with Crippen LogP contribution in [0.5, 0.6) is 0 Å². The average Bonchev–Trinajstić information content (AvgIpc) is 3.08. The second kappa shape index (κ2) is 8.32. The first kappa shape index (κ1) is 17.7. The van der Waals surface area contributed by atoms with E-state index in [1.165, 1.54) is 30.7 Å². The highest BCUT2D eigenvalue weighted by Crippen LogP contribution is 2.21. The van der Waals surface area contributed by atoms with Crippen molar-refractivity contribution in [2.75, 3.05) is 0 Å². The number of imidazole rings is 1. The summed E-state index contributed by atoms with van der Waals surface area (Å²) in [6, 6.07) is 5.98. The van der Waals surface area contributed by atoms with Gasteiger partial charge in [0.2, 0.25) is 11.9 Å². The predicted molar refractivity (Wildman–Crippen MR) is 94.5 cm³/mol. The van der Waals surface area contributed by atoms with E-state index in [0.717, 1.165) is 25.7 Å². The molecule has 26 heavy (non-hydrogen) atoms. The molecule has 0 aliphatic heterocycles. The zero-order chi connectivity index (χ0) is 18.4. The van der Waals surface area contributed by atoms with E-state index in [2.05, 4.69) is 20.5 Å². The molecule has 2 aromatic rings. The molecule has 9 nitrogen and oxygen atoms in total. The predicted octanol–water partition coefficient (Wildman–Crippen LogP) is 3.66. The number of nitro benzene ring substituents is 1. The van der Waals surface area contributed by atoms with Crippen molar-refractivity contribution in [3.05, 3.63) is 46.8 Å². The molecule has 1 saturated carbocycles. The highest BCUT2D eigenvalue weighted by molar-refractivity contribution is 5.76. The molecule has 0 bridgehead atoms. The number of amides is 1. The van der Waals surface area contributed by atoms with Gasteiger partial charge in [-0.25, -0.2) is 4.98 Å². The van der Waals surface area contributed by atoms with Crippen LogP contribution in [0.15, 0.2) is 46.9 Å². The molecule has 0 spiro atoms. The van der Waals surface area contributed by atoms with Gasteiger partial charge < -0.3 is 9.88 Å². The number of aromatic nitrogens is 2. The van der Waals surface area contributed by atoms with E-state index in [4.69, 9.17) is 0 Å². The standard InChI is InChI=1S/C17H20N6O3/c24-16(19-13-4-2-1-3-5-13)12-22-11-10-18-17(22)21-20-14-6-8-15(9-7-14)23(25)26/h6-11,13H,1-5,12H2,(H,19,24). The normalized spacial score (nSPS) is 15.2. The van der Waals surface area contributed by atoms with Crippen LogP contribution < -0.4 is 5.32 Å². The summed E-state index contributed by atoms with van der Waals surface area (Å²) in [6.07, 6.45) is 8.84. The fraction of sp³-hybridized carbons (Fsp3) is 0.412. The molecule has 1 aromatic heterocycles. The van der Waals surface area contributed by atoms with Gasteiger partial charge in [-0.3, -0.25) is 14.9 Å². The summed E-state index contributed by atoms with van der Waals surface area (Å²) in [5, 5.41) is 21.8. The molecule has 9 heteroatoms. The van der Waals surface area contributed by atoms with Gasteiger partial charge in [-0.15, -0.1) is 10.2 Å². The Balaban J connectivity index is 1.60. The SMILES string of the molecule is O=C(Cn1ccnc1N=Nc1ccc([N+](=O)[O-])cc1)NC1CCCCC1. The molecule has 1 aliphatic rings. The van der Waals surface area contributed by atoms with Gasteiger partial charge in [0, 0.05) is 30.6 Å². The van der Waals surface area contributed by atoms with E-state index in [9.17, 15) is 14.9 Å². The maximum absolute atomic E-state index is 12.2. The number of non-ortho nitro benzene ring substituents is 1. The van der Waals surface area contributed by atoms with Gasteiger partial charge in [-0.1, -0.05) is 19.3 Å². The average molecular weight is 356 g/mol. The van der Waals surface area contributed by atoms with E-state index in [1.54, 1.807) is 17.0 Å². The lowest BCUT2D eigenvalue weighted by molar-refractivity contribution is -0.384. The summed E-state index contributed by atoms with van der Waals surface area (Å²) in [5.74, 6) is 0.240. The van der Waals surface area contributed by atoms with Crippen LogP contribution in [0.2, 0.25) is 0 Å². The Morgan fingerprint density at radius 1 is 1.23 bits per heavy atom. The highest BCUT2D eigenvalue weighted by atomic mass is 16.6. The summed E-state index contributed by atoms with van der Waals surface area (Å²) in [6.45, 7) is 0.130. The first-order chi connectivity index (χ1) is 12.6. The molecule has 1 fully saturated rings. The van der Waals surface area contributed by atoms with Gasteiger partial charge in [0.05, 0.1) is 10.6 Å². The van der Waals surface area contributed by atoms with Gasteiger partial charge in [-0.05, 0) is 25.0 Å². The highest BCUT2D eigenvalue weighted by Gasteiger charge is 2.16. The van der Waals surface area contributed by atoms with Crippen molar-refractivity contribution in [1.82, 2.24) is 14.9 Å². The Labute approximate surface area is 150 Å². The molecule has 0 radical (unpaired) electrons. The zero-order valence-corrected chi connectivity index (χ0v) is 14.2. The largest absolute Gasteiger partial charge is 0.352 e. The summed E-state index contributed by atoms with van der Waals surface area (Å²) < 4.78 is 1.62. The Hall–Kier alpha value is -3.10. The van der Waals surface area contributed by atoms with Crippen molar-refractivity contribution in [3.8, 4) is 0 Å². The summed E-state index contributed by atoms with van der Waals surface area (Å²) >= 11 is 0. The van der Waals surface area contributed by atoms with Crippen LogP contribution in [-0.4, -0.2) is 26.4 Å². The summed E-state index contributed by atoms with van der Waals surface area (Å²) in [7, 11) is 0. The van der Waals surface area contributed by atoms with Crippen molar-refractivity contribution in [1.29, 1.82) is 0 Å². The first-order valence-electron chi connectivity index (χ1n) is 8.58. The van der Waals surface area contributed by atoms with E-state index in [-0.39, 0.29) is 24.2 Å². The van der Waals surface area contributed by atoms with Crippen LogP contribution in [0.25, 0.3) is 0 Å². The Morgan fingerprint density at radius 2 is 1.96 bits per heavy atom. The van der Waals surface area contributed by atoms with Crippen LogP contribution in [0.3, 0.4) is 0 Å². The van der Waals surface area contributed by atoms with E-state index in [1.807, 2.05) is 0 Å². The molecule has 3 rings (SSSR count). The Bertz CT molecular complexity index is 793. The van der Waals surface area contributed by atoms with Crippen LogP contribution in [0, 0.1) is 10.1 Å². The number of nitrogens with one attached hydrogen (secondary N) is 1. The minimum absolute atomic E-state index is 0.00941. The molecule has 0 saturated heterocycles. The fourth-order valence-corrected chi connectivity index (χ4v) is 2.95. The van der Waals surface area contributed by atoms with Crippen LogP contribution in [-0.2, 0) is 11.3 Å². The molecule has 1 heterocycles. The van der Waals surface area contributed by atoms with Gasteiger partial charge in [0.25, 0.3) is 5.69 Å². The number of benzene rings is 1. The molecule has 1 aliphatic carbocycles. The van der Waals surface area contributed by atoms with Gasteiger partial charge in [0.1, 0.15) is 6.54 Å². The van der Waals surface area contributed by atoms with Gasteiger partial charge in [-0.2, -0.15) is 0 Å². The van der Waals surface area contributed by atoms with Crippen LogP contribution in [0.4, 0.5) is 17.3 Å².